The van der Waals surface area contributed by atoms with Crippen LogP contribution in [0, 0.1) is 0 Å². The minimum Gasteiger partial charge on any atom is -0.376 e. The van der Waals surface area contributed by atoms with Gasteiger partial charge in [0.05, 0.1) is 12.1 Å². The Balaban J connectivity index is 2.01. The first-order chi connectivity index (χ1) is 5.85. The Morgan fingerprint density at radius 2 is 2.00 bits per heavy atom. The van der Waals surface area contributed by atoms with Crippen LogP contribution in [0.25, 0.3) is 0 Å². The van der Waals surface area contributed by atoms with Crippen molar-refractivity contribution in [3.63, 3.8) is 0 Å². The average Bonchev–Trinajstić information content (AvgIpc) is 2.49. The van der Waals surface area contributed by atoms with E-state index < -0.39 is 0 Å². The van der Waals surface area contributed by atoms with Crippen LogP contribution in [0.3, 0.4) is 0 Å². The number of hydrogen-bond acceptors (Lipinski definition) is 1. The molecule has 0 bridgehead atoms. The van der Waals surface area contributed by atoms with Crippen molar-refractivity contribution in [3.05, 3.63) is 24.5 Å². The first-order valence-corrected chi connectivity index (χ1v) is 4.51. The molecule has 0 unspecified atom stereocenters. The van der Waals surface area contributed by atoms with Gasteiger partial charge in [0.15, 0.2) is 0 Å². The molecule has 1 fully saturated rings. The summed E-state index contributed by atoms with van der Waals surface area (Å²) < 4.78 is 7.72. The van der Waals surface area contributed by atoms with Crippen molar-refractivity contribution in [2.45, 2.75) is 31.4 Å². The van der Waals surface area contributed by atoms with Crippen LogP contribution in [0.15, 0.2) is 24.5 Å². The van der Waals surface area contributed by atoms with E-state index in [1.54, 1.807) is 0 Å². The van der Waals surface area contributed by atoms with Gasteiger partial charge in [0, 0.05) is 19.5 Å². The van der Waals surface area contributed by atoms with E-state index in [4.69, 9.17) is 4.74 Å². The highest BCUT2D eigenvalue weighted by Gasteiger charge is 2.36. The van der Waals surface area contributed by atoms with Gasteiger partial charge in [-0.2, -0.15) is 0 Å². The highest BCUT2D eigenvalue weighted by molar-refractivity contribution is 4.96. The van der Waals surface area contributed by atoms with E-state index in [2.05, 4.69) is 29.1 Å². The molecule has 1 heterocycles. The molecule has 0 aromatic carbocycles. The Kier molecular flexibility index (Phi) is 1.93. The van der Waals surface area contributed by atoms with Gasteiger partial charge in [-0.15, -0.1) is 0 Å². The van der Waals surface area contributed by atoms with E-state index in [1.807, 2.05) is 7.11 Å². The number of ether oxygens (including phenoxy) is 1. The van der Waals surface area contributed by atoms with Gasteiger partial charge in [-0.25, -0.2) is 0 Å². The van der Waals surface area contributed by atoms with Crippen molar-refractivity contribution < 1.29 is 4.74 Å². The summed E-state index contributed by atoms with van der Waals surface area (Å²) in [6.07, 6.45) is 7.93. The Hall–Kier alpha value is -0.760. The van der Waals surface area contributed by atoms with Crippen molar-refractivity contribution in [1.82, 2.24) is 4.57 Å². The summed E-state index contributed by atoms with van der Waals surface area (Å²) in [5.41, 5.74) is 0.152. The van der Waals surface area contributed by atoms with Gasteiger partial charge in [0.1, 0.15) is 0 Å². The summed E-state index contributed by atoms with van der Waals surface area (Å²) in [5, 5.41) is 0. The Morgan fingerprint density at radius 1 is 1.33 bits per heavy atom. The molecule has 1 aromatic rings. The summed E-state index contributed by atoms with van der Waals surface area (Å²) in [5.74, 6) is 0. The predicted octanol–water partition coefficient (Wildman–Crippen LogP) is 2.06. The summed E-state index contributed by atoms with van der Waals surface area (Å²) in [7, 11) is 1.82. The molecule has 1 aliphatic rings. The molecule has 0 N–H and O–H groups in total. The van der Waals surface area contributed by atoms with E-state index in [0.717, 1.165) is 6.54 Å². The number of methoxy groups -OCH3 is 1. The fourth-order valence-electron chi connectivity index (χ4n) is 1.81. The minimum atomic E-state index is 0.152. The zero-order valence-corrected chi connectivity index (χ0v) is 7.49. The van der Waals surface area contributed by atoms with Gasteiger partial charge in [-0.05, 0) is 31.4 Å². The van der Waals surface area contributed by atoms with Gasteiger partial charge in [-0.3, -0.25) is 0 Å². The molecule has 2 nitrogen and oxygen atoms in total. The molecule has 0 atom stereocenters. The quantitative estimate of drug-likeness (QED) is 0.668. The first kappa shape index (κ1) is 7.87. The van der Waals surface area contributed by atoms with E-state index in [-0.39, 0.29) is 5.60 Å². The summed E-state index contributed by atoms with van der Waals surface area (Å²) >= 11 is 0. The molecule has 0 radical (unpaired) electrons. The van der Waals surface area contributed by atoms with Crippen LogP contribution in [0.2, 0.25) is 0 Å². The van der Waals surface area contributed by atoms with Crippen molar-refractivity contribution in [2.24, 2.45) is 0 Å². The second-order valence-corrected chi connectivity index (χ2v) is 3.60. The lowest BCUT2D eigenvalue weighted by Gasteiger charge is -2.40. The van der Waals surface area contributed by atoms with E-state index >= 15 is 0 Å². The lowest BCUT2D eigenvalue weighted by atomic mass is 9.80. The third-order valence-corrected chi connectivity index (χ3v) is 2.83. The summed E-state index contributed by atoms with van der Waals surface area (Å²) in [6, 6.07) is 4.12. The number of aromatic nitrogens is 1. The monoisotopic (exact) mass is 165 g/mol. The molecule has 0 saturated heterocycles. The first-order valence-electron chi connectivity index (χ1n) is 4.51. The second-order valence-electron chi connectivity index (χ2n) is 3.60. The Morgan fingerprint density at radius 3 is 2.42 bits per heavy atom. The van der Waals surface area contributed by atoms with Crippen molar-refractivity contribution in [3.8, 4) is 0 Å². The van der Waals surface area contributed by atoms with Gasteiger partial charge in [-0.1, -0.05) is 0 Å². The average molecular weight is 165 g/mol. The zero-order valence-electron chi connectivity index (χ0n) is 7.49. The maximum absolute atomic E-state index is 5.53. The van der Waals surface area contributed by atoms with E-state index in [9.17, 15) is 0 Å². The van der Waals surface area contributed by atoms with Crippen molar-refractivity contribution in [2.75, 3.05) is 7.11 Å². The molecule has 1 aromatic heterocycles. The summed E-state index contributed by atoms with van der Waals surface area (Å²) in [4.78, 5) is 0. The molecule has 0 aliphatic heterocycles. The summed E-state index contributed by atoms with van der Waals surface area (Å²) in [6.45, 7) is 1.01. The van der Waals surface area contributed by atoms with Crippen LogP contribution < -0.4 is 0 Å². The lowest BCUT2D eigenvalue weighted by molar-refractivity contribution is -0.0834. The third kappa shape index (κ3) is 1.27. The second kappa shape index (κ2) is 2.94. The molecule has 2 rings (SSSR count). The van der Waals surface area contributed by atoms with E-state index in [1.165, 1.54) is 19.3 Å². The third-order valence-electron chi connectivity index (χ3n) is 2.83. The van der Waals surface area contributed by atoms with E-state index in [0.29, 0.717) is 0 Å². The lowest BCUT2D eigenvalue weighted by Crippen LogP contribution is -2.42. The largest absolute Gasteiger partial charge is 0.376 e. The van der Waals surface area contributed by atoms with Crippen LogP contribution >= 0.6 is 0 Å². The topological polar surface area (TPSA) is 14.2 Å². The van der Waals surface area contributed by atoms with Gasteiger partial charge in [0.25, 0.3) is 0 Å². The van der Waals surface area contributed by atoms with Crippen LogP contribution in [0.4, 0.5) is 0 Å². The van der Waals surface area contributed by atoms with Crippen molar-refractivity contribution >= 4 is 0 Å². The standard InChI is InChI=1S/C10H15NO/c1-12-10(5-4-6-10)9-11-7-2-3-8-11/h2-3,7-8H,4-6,9H2,1H3. The predicted molar refractivity (Wildman–Crippen MR) is 48.0 cm³/mol. The maximum atomic E-state index is 5.53. The fourth-order valence-corrected chi connectivity index (χ4v) is 1.81. The molecule has 2 heteroatoms. The van der Waals surface area contributed by atoms with Gasteiger partial charge in [0.2, 0.25) is 0 Å². The Labute approximate surface area is 73.1 Å². The molecular formula is C10H15NO. The molecule has 12 heavy (non-hydrogen) atoms. The smallest absolute Gasteiger partial charge is 0.0856 e. The van der Waals surface area contributed by atoms with Crippen LogP contribution in [0.5, 0.6) is 0 Å². The SMILES string of the molecule is COC1(Cn2cccc2)CCC1. The molecule has 0 amide bonds. The fraction of sp³-hybridized carbons (Fsp3) is 0.600. The molecule has 1 saturated carbocycles. The number of rotatable bonds is 3. The Bertz CT molecular complexity index is 231. The number of hydrogen-bond donors (Lipinski definition) is 0. The van der Waals surface area contributed by atoms with Crippen LogP contribution in [-0.4, -0.2) is 17.3 Å². The number of nitrogens with zero attached hydrogens (tertiary/aromatic N) is 1. The van der Waals surface area contributed by atoms with Gasteiger partial charge < -0.3 is 9.30 Å². The molecule has 66 valence electrons. The zero-order chi connectivity index (χ0) is 8.44. The molecule has 0 spiro atoms. The molecule has 1 aliphatic carbocycles. The minimum absolute atomic E-state index is 0.152. The van der Waals surface area contributed by atoms with Gasteiger partial charge >= 0.3 is 0 Å². The van der Waals surface area contributed by atoms with Crippen LogP contribution in [0.1, 0.15) is 19.3 Å². The highest BCUT2D eigenvalue weighted by atomic mass is 16.5. The van der Waals surface area contributed by atoms with Crippen LogP contribution in [-0.2, 0) is 11.3 Å². The molecular weight excluding hydrogens is 150 g/mol. The highest BCUT2D eigenvalue weighted by Crippen LogP contribution is 2.36. The normalized spacial score (nSPS) is 20.4. The maximum Gasteiger partial charge on any atom is 0.0856 e. The van der Waals surface area contributed by atoms with Crippen molar-refractivity contribution in [1.29, 1.82) is 0 Å².